The Balaban J connectivity index is 2.41. The molecule has 0 saturated heterocycles. The molecule has 0 saturated carbocycles. The van der Waals surface area contributed by atoms with Gasteiger partial charge in [0, 0.05) is 21.7 Å². The fourth-order valence-electron chi connectivity index (χ4n) is 1.91. The number of aliphatic imine (C=N–C) groups is 1. The number of carbonyl (C=O) groups excluding carboxylic acids is 1. The number of ether oxygens (including phenoxy) is 1. The first-order valence-electron chi connectivity index (χ1n) is 6.74. The van der Waals surface area contributed by atoms with Gasteiger partial charge in [0.15, 0.2) is 0 Å². The third-order valence-corrected chi connectivity index (χ3v) is 5.38. The summed E-state index contributed by atoms with van der Waals surface area (Å²) < 4.78 is 4.68. The molecule has 1 unspecified atom stereocenters. The minimum atomic E-state index is -1.08. The standard InChI is InChI=1S/C16H14ClNO4S2/c1-22-16(21)13(23-2)8-18-11-7-12(24-14(11)15(19)20)9-5-3-4-6-10(9)17/h3-8,13H,1-2H3,(H,19,20). The number of aromatic carboxylic acids is 1. The van der Waals surface area contributed by atoms with Gasteiger partial charge in [-0.15, -0.1) is 23.1 Å². The Morgan fingerprint density at radius 1 is 1.42 bits per heavy atom. The van der Waals surface area contributed by atoms with Gasteiger partial charge in [0.25, 0.3) is 0 Å². The van der Waals surface area contributed by atoms with Gasteiger partial charge in [-0.25, -0.2) is 4.79 Å². The molecule has 1 N–H and O–H groups in total. The average Bonchev–Trinajstić information content (AvgIpc) is 2.99. The van der Waals surface area contributed by atoms with Crippen LogP contribution in [0.2, 0.25) is 5.02 Å². The normalized spacial score (nSPS) is 12.3. The van der Waals surface area contributed by atoms with Crippen LogP contribution in [0.25, 0.3) is 10.4 Å². The van der Waals surface area contributed by atoms with Crippen molar-refractivity contribution in [3.05, 3.63) is 40.2 Å². The number of thiophene rings is 1. The lowest BCUT2D eigenvalue weighted by Crippen LogP contribution is -2.19. The summed E-state index contributed by atoms with van der Waals surface area (Å²) in [6.07, 6.45) is 3.13. The molecule has 1 aromatic carbocycles. The second kappa shape index (κ2) is 8.32. The number of hydrogen-bond donors (Lipinski definition) is 1. The number of benzene rings is 1. The molecule has 126 valence electrons. The average molecular weight is 384 g/mol. The summed E-state index contributed by atoms with van der Waals surface area (Å²) in [5, 5.41) is 9.31. The van der Waals surface area contributed by atoms with Gasteiger partial charge in [0.2, 0.25) is 0 Å². The van der Waals surface area contributed by atoms with Crippen LogP contribution in [0.3, 0.4) is 0 Å². The van der Waals surface area contributed by atoms with Crippen LogP contribution >= 0.6 is 34.7 Å². The van der Waals surface area contributed by atoms with Crippen molar-refractivity contribution in [2.24, 2.45) is 4.99 Å². The van der Waals surface area contributed by atoms with Crippen molar-refractivity contribution in [3.63, 3.8) is 0 Å². The van der Waals surface area contributed by atoms with E-state index in [1.807, 2.05) is 12.1 Å². The summed E-state index contributed by atoms with van der Waals surface area (Å²) in [7, 11) is 1.29. The highest BCUT2D eigenvalue weighted by Crippen LogP contribution is 2.39. The summed E-state index contributed by atoms with van der Waals surface area (Å²) >= 11 is 8.51. The molecule has 0 bridgehead atoms. The highest BCUT2D eigenvalue weighted by atomic mass is 35.5. The number of carboxylic acids is 1. The molecule has 5 nitrogen and oxygen atoms in total. The molecule has 0 amide bonds. The Bertz CT molecular complexity index is 788. The number of nitrogens with zero attached hydrogens (tertiary/aromatic N) is 1. The second-order valence-electron chi connectivity index (χ2n) is 4.57. The minimum Gasteiger partial charge on any atom is -0.477 e. The van der Waals surface area contributed by atoms with Crippen molar-refractivity contribution >= 4 is 58.5 Å². The first kappa shape index (κ1) is 18.5. The van der Waals surface area contributed by atoms with E-state index in [1.54, 1.807) is 24.5 Å². The third-order valence-electron chi connectivity index (χ3n) is 3.08. The van der Waals surface area contributed by atoms with Gasteiger partial charge < -0.3 is 9.84 Å². The van der Waals surface area contributed by atoms with Crippen molar-refractivity contribution < 1.29 is 19.4 Å². The number of methoxy groups -OCH3 is 1. The smallest absolute Gasteiger partial charge is 0.348 e. The summed E-state index contributed by atoms with van der Waals surface area (Å²) in [5.41, 5.74) is 1.02. The molecule has 24 heavy (non-hydrogen) atoms. The Kier molecular flexibility index (Phi) is 6.42. The van der Waals surface area contributed by atoms with E-state index in [-0.39, 0.29) is 10.6 Å². The molecule has 0 fully saturated rings. The highest BCUT2D eigenvalue weighted by Gasteiger charge is 2.19. The first-order chi connectivity index (χ1) is 11.5. The van der Waals surface area contributed by atoms with E-state index < -0.39 is 17.2 Å². The lowest BCUT2D eigenvalue weighted by Gasteiger charge is -2.05. The summed E-state index contributed by atoms with van der Waals surface area (Å²) in [6.45, 7) is 0. The number of esters is 1. The van der Waals surface area contributed by atoms with Crippen molar-refractivity contribution in [1.29, 1.82) is 0 Å². The van der Waals surface area contributed by atoms with Gasteiger partial charge in [-0.05, 0) is 18.4 Å². The van der Waals surface area contributed by atoms with Crippen LogP contribution in [0.1, 0.15) is 9.67 Å². The zero-order valence-electron chi connectivity index (χ0n) is 12.9. The fourth-order valence-corrected chi connectivity index (χ4v) is 3.65. The number of thioether (sulfide) groups is 1. The Hall–Kier alpha value is -1.83. The van der Waals surface area contributed by atoms with Gasteiger partial charge in [-0.3, -0.25) is 9.79 Å². The molecule has 2 rings (SSSR count). The van der Waals surface area contributed by atoms with Gasteiger partial charge in [0.05, 0.1) is 12.8 Å². The predicted octanol–water partition coefficient (Wildman–Crippen LogP) is 4.37. The lowest BCUT2D eigenvalue weighted by atomic mass is 10.2. The third kappa shape index (κ3) is 4.17. The van der Waals surface area contributed by atoms with Gasteiger partial charge in [-0.1, -0.05) is 29.8 Å². The zero-order valence-corrected chi connectivity index (χ0v) is 15.2. The molecular formula is C16H14ClNO4S2. The molecule has 0 spiro atoms. The van der Waals surface area contributed by atoms with Crippen LogP contribution in [0, 0.1) is 0 Å². The molecule has 8 heteroatoms. The molecule has 0 aliphatic heterocycles. The van der Waals surface area contributed by atoms with Crippen LogP contribution in [-0.4, -0.2) is 41.9 Å². The van der Waals surface area contributed by atoms with E-state index in [0.717, 1.165) is 16.9 Å². The lowest BCUT2D eigenvalue weighted by molar-refractivity contribution is -0.138. The van der Waals surface area contributed by atoms with E-state index in [9.17, 15) is 14.7 Å². The molecule has 0 aliphatic carbocycles. The maximum Gasteiger partial charge on any atom is 0.348 e. The molecular weight excluding hydrogens is 370 g/mol. The maximum absolute atomic E-state index is 11.6. The van der Waals surface area contributed by atoms with Crippen LogP contribution < -0.4 is 0 Å². The summed E-state index contributed by atoms with van der Waals surface area (Å²) in [6, 6.07) is 8.83. The van der Waals surface area contributed by atoms with Crippen molar-refractivity contribution in [2.75, 3.05) is 13.4 Å². The maximum atomic E-state index is 11.6. The fraction of sp³-hybridized carbons (Fsp3) is 0.188. The van der Waals surface area contributed by atoms with Crippen LogP contribution in [0.15, 0.2) is 35.3 Å². The molecule has 2 aromatic rings. The zero-order chi connectivity index (χ0) is 17.7. The molecule has 1 atom stereocenters. The van der Waals surface area contributed by atoms with Crippen molar-refractivity contribution in [2.45, 2.75) is 5.25 Å². The van der Waals surface area contributed by atoms with Gasteiger partial charge in [0.1, 0.15) is 10.1 Å². The Morgan fingerprint density at radius 2 is 2.12 bits per heavy atom. The van der Waals surface area contributed by atoms with E-state index in [0.29, 0.717) is 9.90 Å². The number of rotatable bonds is 6. The minimum absolute atomic E-state index is 0.0888. The number of hydrogen-bond acceptors (Lipinski definition) is 6. The predicted molar refractivity (Wildman–Crippen MR) is 99.2 cm³/mol. The highest BCUT2D eigenvalue weighted by molar-refractivity contribution is 8.00. The largest absolute Gasteiger partial charge is 0.477 e. The summed E-state index contributed by atoms with van der Waals surface area (Å²) in [5.74, 6) is -1.52. The number of halogens is 1. The first-order valence-corrected chi connectivity index (χ1v) is 9.23. The quantitative estimate of drug-likeness (QED) is 0.592. The molecule has 1 heterocycles. The van der Waals surface area contributed by atoms with E-state index in [2.05, 4.69) is 9.73 Å². The Labute approximate surface area is 152 Å². The summed E-state index contributed by atoms with van der Waals surface area (Å²) in [4.78, 5) is 28.0. The van der Waals surface area contributed by atoms with E-state index in [1.165, 1.54) is 25.1 Å². The van der Waals surface area contributed by atoms with Crippen LogP contribution in [0.5, 0.6) is 0 Å². The van der Waals surface area contributed by atoms with Crippen molar-refractivity contribution in [1.82, 2.24) is 0 Å². The van der Waals surface area contributed by atoms with Gasteiger partial charge in [-0.2, -0.15) is 0 Å². The second-order valence-corrected chi connectivity index (χ2v) is 7.01. The number of carboxylic acid groups (broad SMARTS) is 1. The molecule has 1 aromatic heterocycles. The van der Waals surface area contributed by atoms with Gasteiger partial charge >= 0.3 is 11.9 Å². The van der Waals surface area contributed by atoms with E-state index in [4.69, 9.17) is 11.6 Å². The van der Waals surface area contributed by atoms with Crippen molar-refractivity contribution in [3.8, 4) is 10.4 Å². The topological polar surface area (TPSA) is 76.0 Å². The number of carbonyl (C=O) groups is 2. The molecule has 0 aliphatic rings. The monoisotopic (exact) mass is 383 g/mol. The van der Waals surface area contributed by atoms with Crippen LogP contribution in [-0.2, 0) is 9.53 Å². The molecule has 0 radical (unpaired) electrons. The van der Waals surface area contributed by atoms with Crippen LogP contribution in [0.4, 0.5) is 5.69 Å². The van der Waals surface area contributed by atoms with E-state index >= 15 is 0 Å². The Morgan fingerprint density at radius 3 is 2.71 bits per heavy atom. The SMILES string of the molecule is COC(=O)C(C=Nc1cc(-c2ccccc2Cl)sc1C(=O)O)SC.